The van der Waals surface area contributed by atoms with Gasteiger partial charge in [0, 0.05) is 21.0 Å². The van der Waals surface area contributed by atoms with Gasteiger partial charge >= 0.3 is 0 Å². The number of carbonyl (C=O) groups excluding carboxylic acids is 2. The number of rotatable bonds is 4. The lowest BCUT2D eigenvalue weighted by molar-refractivity contribution is -0.126. The fraction of sp³-hybridized carbons (Fsp3) is 0.636. The zero-order valence-corrected chi connectivity index (χ0v) is 12.7. The van der Waals surface area contributed by atoms with Crippen molar-refractivity contribution >= 4 is 21.9 Å². The minimum Gasteiger partial charge on any atom is -0.349 e. The van der Waals surface area contributed by atoms with Crippen molar-refractivity contribution < 1.29 is 22.6 Å². The minimum absolute atomic E-state index is 0.0926. The Kier molecular flexibility index (Phi) is 8.28. The first-order valence-electron chi connectivity index (χ1n) is 5.38. The summed E-state index contributed by atoms with van der Waals surface area (Å²) in [7, 11) is -0.636. The molecule has 0 radical (unpaired) electrons. The molecular formula is C11H22N2O5S. The molecule has 0 saturated heterocycles. The van der Waals surface area contributed by atoms with Gasteiger partial charge in [0.2, 0.25) is 11.8 Å². The van der Waals surface area contributed by atoms with E-state index in [4.69, 9.17) is 4.55 Å². The standard InChI is InChI=1S/C7H13NO4S.C4H9NO/c1-4-6(9)8-7(2,3)5-13(10,11)12;1-4(6)5(2)3/h4H,1,5H2,2-3H3,(H,8,9)(H,10,11,12);1-3H3. The molecule has 0 aliphatic rings. The summed E-state index contributed by atoms with van der Waals surface area (Å²) in [5, 5.41) is 2.37. The molecule has 0 spiro atoms. The molecule has 0 rings (SSSR count). The second-order valence-corrected chi connectivity index (χ2v) is 6.17. The molecule has 0 aromatic carbocycles. The molecule has 0 bridgehead atoms. The van der Waals surface area contributed by atoms with Gasteiger partial charge in [-0.2, -0.15) is 8.42 Å². The molecule has 0 unspecified atom stereocenters. The molecule has 2 N–H and O–H groups in total. The third-order valence-corrected chi connectivity index (χ3v) is 2.91. The highest BCUT2D eigenvalue weighted by molar-refractivity contribution is 7.85. The number of hydrogen-bond donors (Lipinski definition) is 2. The summed E-state index contributed by atoms with van der Waals surface area (Å²) in [6.45, 7) is 7.72. The Labute approximate surface area is 114 Å². The highest BCUT2D eigenvalue weighted by Crippen LogP contribution is 2.05. The minimum atomic E-state index is -4.08. The second kappa shape index (κ2) is 7.90. The van der Waals surface area contributed by atoms with Gasteiger partial charge in [0.05, 0.1) is 11.3 Å². The summed E-state index contributed by atoms with van der Waals surface area (Å²) in [6, 6.07) is 0. The third kappa shape index (κ3) is 14.5. The van der Waals surface area contributed by atoms with Crippen molar-refractivity contribution in [1.29, 1.82) is 0 Å². The van der Waals surface area contributed by atoms with Crippen LogP contribution in [-0.4, -0.2) is 55.1 Å². The van der Waals surface area contributed by atoms with Gasteiger partial charge in [-0.15, -0.1) is 0 Å². The normalized spacial score (nSPS) is 10.8. The molecule has 112 valence electrons. The summed E-state index contributed by atoms with van der Waals surface area (Å²) in [5.74, 6) is -0.914. The van der Waals surface area contributed by atoms with E-state index in [-0.39, 0.29) is 5.91 Å². The van der Waals surface area contributed by atoms with Gasteiger partial charge in [0.25, 0.3) is 10.1 Å². The van der Waals surface area contributed by atoms with Crippen LogP contribution in [0.15, 0.2) is 12.7 Å². The smallest absolute Gasteiger partial charge is 0.267 e. The van der Waals surface area contributed by atoms with Gasteiger partial charge in [-0.1, -0.05) is 6.58 Å². The van der Waals surface area contributed by atoms with E-state index < -0.39 is 27.3 Å². The van der Waals surface area contributed by atoms with Crippen molar-refractivity contribution in [3.8, 4) is 0 Å². The van der Waals surface area contributed by atoms with Crippen molar-refractivity contribution in [2.24, 2.45) is 0 Å². The Balaban J connectivity index is 0. The van der Waals surface area contributed by atoms with Crippen LogP contribution in [0.2, 0.25) is 0 Å². The Morgan fingerprint density at radius 3 is 1.95 bits per heavy atom. The SMILES string of the molecule is C=CC(=O)NC(C)(C)CS(=O)(=O)O.CC(=O)N(C)C. The van der Waals surface area contributed by atoms with Crippen molar-refractivity contribution in [2.75, 3.05) is 19.8 Å². The fourth-order valence-corrected chi connectivity index (χ4v) is 1.86. The maximum atomic E-state index is 10.8. The average molecular weight is 294 g/mol. The highest BCUT2D eigenvalue weighted by atomic mass is 32.2. The Morgan fingerprint density at radius 1 is 1.37 bits per heavy atom. The maximum Gasteiger partial charge on any atom is 0.267 e. The van der Waals surface area contributed by atoms with Crippen molar-refractivity contribution in [2.45, 2.75) is 26.3 Å². The number of amides is 2. The zero-order valence-electron chi connectivity index (χ0n) is 11.9. The summed E-state index contributed by atoms with van der Waals surface area (Å²) in [6.07, 6.45) is 1.03. The topological polar surface area (TPSA) is 104 Å². The number of nitrogens with zero attached hydrogens (tertiary/aromatic N) is 1. The largest absolute Gasteiger partial charge is 0.349 e. The maximum absolute atomic E-state index is 10.8. The van der Waals surface area contributed by atoms with E-state index in [0.29, 0.717) is 0 Å². The lowest BCUT2D eigenvalue weighted by Crippen LogP contribution is -2.47. The Hall–Kier alpha value is -1.41. The predicted octanol–water partition coefficient (Wildman–Crippen LogP) is 0.0495. The molecule has 19 heavy (non-hydrogen) atoms. The van der Waals surface area contributed by atoms with E-state index in [0.717, 1.165) is 6.08 Å². The van der Waals surface area contributed by atoms with Crippen LogP contribution in [0.1, 0.15) is 20.8 Å². The van der Waals surface area contributed by atoms with E-state index in [1.54, 1.807) is 14.1 Å². The monoisotopic (exact) mass is 294 g/mol. The van der Waals surface area contributed by atoms with Gasteiger partial charge < -0.3 is 10.2 Å². The molecule has 0 aliphatic carbocycles. The van der Waals surface area contributed by atoms with Crippen molar-refractivity contribution in [1.82, 2.24) is 10.2 Å². The molecule has 7 nitrogen and oxygen atoms in total. The first-order valence-corrected chi connectivity index (χ1v) is 6.99. The van der Waals surface area contributed by atoms with Crippen LogP contribution in [0, 0.1) is 0 Å². The van der Waals surface area contributed by atoms with Crippen LogP contribution in [0.5, 0.6) is 0 Å². The predicted molar refractivity (Wildman–Crippen MR) is 73.2 cm³/mol. The van der Waals surface area contributed by atoms with E-state index in [9.17, 15) is 18.0 Å². The van der Waals surface area contributed by atoms with Crippen molar-refractivity contribution in [3.05, 3.63) is 12.7 Å². The van der Waals surface area contributed by atoms with Crippen molar-refractivity contribution in [3.63, 3.8) is 0 Å². The molecule has 0 atom stereocenters. The van der Waals surface area contributed by atoms with Gasteiger partial charge in [-0.25, -0.2) is 0 Å². The summed E-state index contributed by atoms with van der Waals surface area (Å²) in [4.78, 5) is 22.4. The molecule has 0 heterocycles. The summed E-state index contributed by atoms with van der Waals surface area (Å²) < 4.78 is 29.5. The van der Waals surface area contributed by atoms with Gasteiger partial charge in [0.1, 0.15) is 0 Å². The Morgan fingerprint density at radius 2 is 1.74 bits per heavy atom. The van der Waals surface area contributed by atoms with Gasteiger partial charge in [-0.3, -0.25) is 14.1 Å². The first kappa shape index (κ1) is 19.9. The average Bonchev–Trinajstić information content (AvgIpc) is 2.13. The molecule has 0 aliphatic heterocycles. The highest BCUT2D eigenvalue weighted by Gasteiger charge is 2.25. The molecule has 0 saturated carbocycles. The molecular weight excluding hydrogens is 272 g/mol. The molecule has 0 aromatic rings. The summed E-state index contributed by atoms with van der Waals surface area (Å²) >= 11 is 0. The lowest BCUT2D eigenvalue weighted by atomic mass is 10.1. The molecule has 0 aromatic heterocycles. The number of nitrogens with one attached hydrogen (secondary N) is 1. The van der Waals surface area contributed by atoms with Crippen LogP contribution in [0.3, 0.4) is 0 Å². The van der Waals surface area contributed by atoms with E-state index >= 15 is 0 Å². The number of carbonyl (C=O) groups is 2. The fourth-order valence-electron chi connectivity index (χ4n) is 0.877. The number of hydrogen-bond acceptors (Lipinski definition) is 4. The first-order chi connectivity index (χ1) is 8.30. The second-order valence-electron chi connectivity index (χ2n) is 4.72. The third-order valence-electron chi connectivity index (χ3n) is 1.82. The van der Waals surface area contributed by atoms with Crippen LogP contribution in [-0.2, 0) is 19.7 Å². The van der Waals surface area contributed by atoms with Gasteiger partial charge in [0.15, 0.2) is 0 Å². The van der Waals surface area contributed by atoms with Gasteiger partial charge in [-0.05, 0) is 19.9 Å². The van der Waals surface area contributed by atoms with Crippen LogP contribution in [0.25, 0.3) is 0 Å². The molecule has 0 fully saturated rings. The summed E-state index contributed by atoms with van der Waals surface area (Å²) in [5.41, 5.74) is -1.00. The van der Waals surface area contributed by atoms with E-state index in [1.807, 2.05) is 0 Å². The van der Waals surface area contributed by atoms with Crippen LogP contribution in [0.4, 0.5) is 0 Å². The zero-order chi connectivity index (χ0) is 15.9. The van der Waals surface area contributed by atoms with E-state index in [1.165, 1.54) is 25.7 Å². The van der Waals surface area contributed by atoms with Crippen LogP contribution >= 0.6 is 0 Å². The van der Waals surface area contributed by atoms with Crippen LogP contribution < -0.4 is 5.32 Å². The molecule has 8 heteroatoms. The molecule has 2 amide bonds. The quantitative estimate of drug-likeness (QED) is 0.563. The Bertz CT molecular complexity index is 426. The lowest BCUT2D eigenvalue weighted by Gasteiger charge is -2.23. The van der Waals surface area contributed by atoms with E-state index in [2.05, 4.69) is 11.9 Å².